The van der Waals surface area contributed by atoms with Crippen LogP contribution in [0.25, 0.3) is 22.3 Å². The van der Waals surface area contributed by atoms with Crippen LogP contribution >= 0.6 is 11.6 Å². The molecule has 0 saturated heterocycles. The Labute approximate surface area is 167 Å². The molecule has 0 aromatic heterocycles. The third-order valence-electron chi connectivity index (χ3n) is 5.25. The smallest absolute Gasteiger partial charge is 0.123 e. The van der Waals surface area contributed by atoms with E-state index in [4.69, 9.17) is 11.6 Å². The predicted octanol–water partition coefficient (Wildman–Crippen LogP) is 8.04. The summed E-state index contributed by atoms with van der Waals surface area (Å²) in [5.74, 6) is -0.211. The standard InChI is InChI=1S/C25H26ClF/c1-15-7-9-19(26)13-21(15)23-11-18(25(4,5)6)12-24(17(23)3)22-14-20(27)10-8-16(22)2/h7-14H,1-6H3. The Balaban J connectivity index is 2.38. The maximum absolute atomic E-state index is 14.0. The molecule has 2 heteroatoms. The van der Waals surface area contributed by atoms with Gasteiger partial charge in [-0.15, -0.1) is 0 Å². The lowest BCUT2D eigenvalue weighted by atomic mass is 9.80. The number of rotatable bonds is 2. The zero-order valence-electron chi connectivity index (χ0n) is 16.9. The molecule has 27 heavy (non-hydrogen) atoms. The Morgan fingerprint density at radius 3 is 1.78 bits per heavy atom. The number of hydrogen-bond acceptors (Lipinski definition) is 0. The van der Waals surface area contributed by atoms with Crippen LogP contribution in [0.15, 0.2) is 48.5 Å². The van der Waals surface area contributed by atoms with Crippen LogP contribution in [-0.2, 0) is 5.41 Å². The van der Waals surface area contributed by atoms with Gasteiger partial charge in [-0.25, -0.2) is 4.39 Å². The topological polar surface area (TPSA) is 0 Å². The molecule has 0 amide bonds. The minimum atomic E-state index is -0.211. The zero-order valence-corrected chi connectivity index (χ0v) is 17.6. The summed E-state index contributed by atoms with van der Waals surface area (Å²) in [5.41, 5.74) is 8.89. The summed E-state index contributed by atoms with van der Waals surface area (Å²) in [6.07, 6.45) is 0. The summed E-state index contributed by atoms with van der Waals surface area (Å²) in [4.78, 5) is 0. The first-order valence-electron chi connectivity index (χ1n) is 9.26. The minimum absolute atomic E-state index is 0.0229. The summed E-state index contributed by atoms with van der Waals surface area (Å²) < 4.78 is 14.0. The molecule has 0 fully saturated rings. The summed E-state index contributed by atoms with van der Waals surface area (Å²) >= 11 is 6.30. The first-order chi connectivity index (χ1) is 12.6. The molecule has 140 valence electrons. The molecule has 0 spiro atoms. The van der Waals surface area contributed by atoms with Gasteiger partial charge in [0.15, 0.2) is 0 Å². The highest BCUT2D eigenvalue weighted by molar-refractivity contribution is 6.30. The van der Waals surface area contributed by atoms with Gasteiger partial charge in [-0.3, -0.25) is 0 Å². The predicted molar refractivity (Wildman–Crippen MR) is 115 cm³/mol. The van der Waals surface area contributed by atoms with Gasteiger partial charge in [0, 0.05) is 5.02 Å². The van der Waals surface area contributed by atoms with E-state index >= 15 is 0 Å². The van der Waals surface area contributed by atoms with Crippen molar-refractivity contribution in [3.63, 3.8) is 0 Å². The van der Waals surface area contributed by atoms with E-state index in [1.54, 1.807) is 6.07 Å². The number of benzene rings is 3. The molecular formula is C25H26ClF. The van der Waals surface area contributed by atoms with Crippen LogP contribution < -0.4 is 0 Å². The lowest BCUT2D eigenvalue weighted by Gasteiger charge is -2.24. The highest BCUT2D eigenvalue weighted by Crippen LogP contribution is 2.39. The lowest BCUT2D eigenvalue weighted by Crippen LogP contribution is -2.12. The third-order valence-corrected chi connectivity index (χ3v) is 5.49. The number of halogens is 2. The zero-order chi connectivity index (χ0) is 19.9. The van der Waals surface area contributed by atoms with Gasteiger partial charge in [0.25, 0.3) is 0 Å². The van der Waals surface area contributed by atoms with E-state index in [0.717, 1.165) is 38.4 Å². The van der Waals surface area contributed by atoms with Crippen LogP contribution in [0.4, 0.5) is 4.39 Å². The summed E-state index contributed by atoms with van der Waals surface area (Å²) in [7, 11) is 0. The molecule has 0 N–H and O–H groups in total. The van der Waals surface area contributed by atoms with Gasteiger partial charge < -0.3 is 0 Å². The van der Waals surface area contributed by atoms with Crippen molar-refractivity contribution in [3.05, 3.63) is 81.6 Å². The van der Waals surface area contributed by atoms with Gasteiger partial charge in [0.1, 0.15) is 5.82 Å². The van der Waals surface area contributed by atoms with Crippen molar-refractivity contribution >= 4 is 11.6 Å². The monoisotopic (exact) mass is 380 g/mol. The van der Waals surface area contributed by atoms with Gasteiger partial charge >= 0.3 is 0 Å². The normalized spacial score (nSPS) is 11.7. The number of aryl methyl sites for hydroxylation is 2. The van der Waals surface area contributed by atoms with Gasteiger partial charge in [0.05, 0.1) is 0 Å². The summed E-state index contributed by atoms with van der Waals surface area (Å²) in [6, 6.07) is 15.5. The second-order valence-corrected chi connectivity index (χ2v) is 8.80. The molecular weight excluding hydrogens is 355 g/mol. The largest absolute Gasteiger partial charge is 0.207 e. The van der Waals surface area contributed by atoms with Gasteiger partial charge in [-0.2, -0.15) is 0 Å². The minimum Gasteiger partial charge on any atom is -0.207 e. The van der Waals surface area contributed by atoms with E-state index in [2.05, 4.69) is 46.8 Å². The van der Waals surface area contributed by atoms with Gasteiger partial charge in [0.2, 0.25) is 0 Å². The van der Waals surface area contributed by atoms with Crippen LogP contribution in [0, 0.1) is 26.6 Å². The molecule has 0 nitrogen and oxygen atoms in total. The average Bonchev–Trinajstić information content (AvgIpc) is 2.59. The van der Waals surface area contributed by atoms with E-state index in [0.29, 0.717) is 0 Å². The second kappa shape index (κ2) is 7.13. The SMILES string of the molecule is Cc1ccc(F)cc1-c1cc(C(C)(C)C)cc(-c2cc(Cl)ccc2C)c1C. The maximum atomic E-state index is 14.0. The lowest BCUT2D eigenvalue weighted by molar-refractivity contribution is 0.590. The first kappa shape index (κ1) is 19.6. The molecule has 0 aliphatic carbocycles. The van der Waals surface area contributed by atoms with Crippen molar-refractivity contribution < 1.29 is 4.39 Å². The molecule has 3 aromatic carbocycles. The molecule has 0 aliphatic rings. The molecule has 0 aliphatic heterocycles. The molecule has 0 radical (unpaired) electrons. The van der Waals surface area contributed by atoms with Crippen molar-refractivity contribution in [2.45, 2.75) is 47.0 Å². The van der Waals surface area contributed by atoms with E-state index in [1.807, 2.05) is 31.2 Å². The van der Waals surface area contributed by atoms with Gasteiger partial charge in [-0.05, 0) is 95.0 Å². The van der Waals surface area contributed by atoms with Crippen LogP contribution in [0.2, 0.25) is 5.02 Å². The Morgan fingerprint density at radius 2 is 1.22 bits per heavy atom. The molecule has 0 heterocycles. The Hall–Kier alpha value is -2.12. The summed E-state index contributed by atoms with van der Waals surface area (Å²) in [5, 5.41) is 0.722. The fourth-order valence-corrected chi connectivity index (χ4v) is 3.65. The second-order valence-electron chi connectivity index (χ2n) is 8.36. The van der Waals surface area contributed by atoms with Crippen molar-refractivity contribution in [1.29, 1.82) is 0 Å². The third kappa shape index (κ3) is 3.94. The van der Waals surface area contributed by atoms with Crippen LogP contribution in [0.3, 0.4) is 0 Å². The summed E-state index contributed by atoms with van der Waals surface area (Å²) in [6.45, 7) is 12.9. The Kier molecular flexibility index (Phi) is 5.18. The van der Waals surface area contributed by atoms with E-state index < -0.39 is 0 Å². The molecule has 0 unspecified atom stereocenters. The number of hydrogen-bond donors (Lipinski definition) is 0. The Bertz CT molecular complexity index is 937. The van der Waals surface area contributed by atoms with Crippen LogP contribution in [0.1, 0.15) is 43.0 Å². The molecule has 3 aromatic rings. The van der Waals surface area contributed by atoms with E-state index in [1.165, 1.54) is 17.2 Å². The van der Waals surface area contributed by atoms with E-state index in [-0.39, 0.29) is 11.2 Å². The van der Waals surface area contributed by atoms with Crippen molar-refractivity contribution in [3.8, 4) is 22.3 Å². The van der Waals surface area contributed by atoms with Crippen LogP contribution in [0.5, 0.6) is 0 Å². The molecule has 0 saturated carbocycles. The maximum Gasteiger partial charge on any atom is 0.123 e. The molecule has 3 rings (SSSR count). The molecule has 0 atom stereocenters. The quantitative estimate of drug-likeness (QED) is 0.422. The fourth-order valence-electron chi connectivity index (χ4n) is 3.48. The van der Waals surface area contributed by atoms with Gasteiger partial charge in [-0.1, -0.05) is 56.6 Å². The molecule has 0 bridgehead atoms. The Morgan fingerprint density at radius 1 is 0.704 bits per heavy atom. The van der Waals surface area contributed by atoms with E-state index in [9.17, 15) is 4.39 Å². The van der Waals surface area contributed by atoms with Crippen molar-refractivity contribution in [1.82, 2.24) is 0 Å². The van der Waals surface area contributed by atoms with Crippen molar-refractivity contribution in [2.75, 3.05) is 0 Å². The fraction of sp³-hybridized carbons (Fsp3) is 0.280. The van der Waals surface area contributed by atoms with Crippen molar-refractivity contribution in [2.24, 2.45) is 0 Å². The first-order valence-corrected chi connectivity index (χ1v) is 9.64. The average molecular weight is 381 g/mol. The highest BCUT2D eigenvalue weighted by Gasteiger charge is 2.20. The van der Waals surface area contributed by atoms with Crippen LogP contribution in [-0.4, -0.2) is 0 Å². The highest BCUT2D eigenvalue weighted by atomic mass is 35.5.